The number of hydrogen-bond donors (Lipinski definition) is 2. The van der Waals surface area contributed by atoms with E-state index in [1.807, 2.05) is 12.1 Å². The fourth-order valence-electron chi connectivity index (χ4n) is 1.64. The predicted molar refractivity (Wildman–Crippen MR) is 59.4 cm³/mol. The molecule has 0 spiro atoms. The van der Waals surface area contributed by atoms with Crippen LogP contribution in [0.4, 0.5) is 0 Å². The Morgan fingerprint density at radius 2 is 2.27 bits per heavy atom. The van der Waals surface area contributed by atoms with Crippen molar-refractivity contribution in [2.45, 2.75) is 12.8 Å². The maximum atomic E-state index is 10.9. The molecular weight excluding hydrogens is 214 g/mol. The van der Waals surface area contributed by atoms with Gasteiger partial charge in [-0.2, -0.15) is 0 Å². The summed E-state index contributed by atoms with van der Waals surface area (Å²) < 4.78 is 0. The van der Waals surface area contributed by atoms with Crippen LogP contribution in [-0.4, -0.2) is 16.1 Å². The van der Waals surface area contributed by atoms with Crippen molar-refractivity contribution in [3.05, 3.63) is 35.0 Å². The summed E-state index contributed by atoms with van der Waals surface area (Å²) in [7, 11) is 0. The monoisotopic (exact) mass is 223 g/mol. The van der Waals surface area contributed by atoms with E-state index in [9.17, 15) is 4.79 Å². The van der Waals surface area contributed by atoms with Gasteiger partial charge in [-0.3, -0.25) is 4.79 Å². The first-order chi connectivity index (χ1) is 7.11. The Bertz CT molecular complexity index is 518. The number of carbonyl (C=O) groups is 1. The third-order valence-electron chi connectivity index (χ3n) is 2.53. The molecule has 0 saturated heterocycles. The SMILES string of the molecule is CC(C(=O)O)c1cccc2c(Cl)c[nH]c12. The van der Waals surface area contributed by atoms with Crippen molar-refractivity contribution >= 4 is 28.5 Å². The number of hydrogen-bond acceptors (Lipinski definition) is 1. The van der Waals surface area contributed by atoms with Gasteiger partial charge < -0.3 is 10.1 Å². The van der Waals surface area contributed by atoms with E-state index in [1.54, 1.807) is 19.2 Å². The molecule has 1 aromatic carbocycles. The molecule has 0 aliphatic rings. The number of carboxylic acids is 1. The normalized spacial score (nSPS) is 12.9. The van der Waals surface area contributed by atoms with Crippen molar-refractivity contribution in [1.82, 2.24) is 4.98 Å². The van der Waals surface area contributed by atoms with Crippen LogP contribution in [0.2, 0.25) is 5.02 Å². The third kappa shape index (κ3) is 1.59. The van der Waals surface area contributed by atoms with E-state index in [1.165, 1.54) is 0 Å². The van der Waals surface area contributed by atoms with Gasteiger partial charge in [0.2, 0.25) is 0 Å². The van der Waals surface area contributed by atoms with E-state index >= 15 is 0 Å². The van der Waals surface area contributed by atoms with E-state index in [4.69, 9.17) is 16.7 Å². The van der Waals surface area contributed by atoms with Crippen LogP contribution in [0.25, 0.3) is 10.9 Å². The zero-order valence-electron chi connectivity index (χ0n) is 8.12. The first-order valence-electron chi connectivity index (χ1n) is 4.59. The molecule has 15 heavy (non-hydrogen) atoms. The first kappa shape index (κ1) is 10.1. The van der Waals surface area contributed by atoms with Crippen molar-refractivity contribution in [2.24, 2.45) is 0 Å². The summed E-state index contributed by atoms with van der Waals surface area (Å²) in [6.07, 6.45) is 1.67. The van der Waals surface area contributed by atoms with Crippen LogP contribution < -0.4 is 0 Å². The molecule has 2 aromatic rings. The van der Waals surface area contributed by atoms with Gasteiger partial charge in [0.1, 0.15) is 0 Å². The second-order valence-electron chi connectivity index (χ2n) is 3.47. The maximum absolute atomic E-state index is 10.9. The van der Waals surface area contributed by atoms with Crippen LogP contribution >= 0.6 is 11.6 Å². The van der Waals surface area contributed by atoms with Gasteiger partial charge in [-0.1, -0.05) is 29.8 Å². The van der Waals surface area contributed by atoms with Crippen LogP contribution in [0.5, 0.6) is 0 Å². The molecule has 1 aromatic heterocycles. The summed E-state index contributed by atoms with van der Waals surface area (Å²) in [5.41, 5.74) is 1.56. The number of fused-ring (bicyclic) bond motifs is 1. The van der Waals surface area contributed by atoms with Gasteiger partial charge in [0, 0.05) is 11.6 Å². The topological polar surface area (TPSA) is 53.1 Å². The average molecular weight is 224 g/mol. The van der Waals surface area contributed by atoms with Gasteiger partial charge >= 0.3 is 5.97 Å². The number of aromatic amines is 1. The molecule has 0 bridgehead atoms. The predicted octanol–water partition coefficient (Wildman–Crippen LogP) is 3.01. The van der Waals surface area contributed by atoms with E-state index < -0.39 is 11.9 Å². The molecule has 2 N–H and O–H groups in total. The van der Waals surface area contributed by atoms with Crippen LogP contribution in [0.3, 0.4) is 0 Å². The quantitative estimate of drug-likeness (QED) is 0.822. The van der Waals surface area contributed by atoms with Crippen molar-refractivity contribution in [2.75, 3.05) is 0 Å². The molecule has 1 heterocycles. The molecule has 0 aliphatic heterocycles. The van der Waals surface area contributed by atoms with Crippen LogP contribution in [-0.2, 0) is 4.79 Å². The lowest BCUT2D eigenvalue weighted by Crippen LogP contribution is -2.07. The molecule has 0 radical (unpaired) electrons. The largest absolute Gasteiger partial charge is 0.481 e. The minimum atomic E-state index is -0.840. The highest BCUT2D eigenvalue weighted by molar-refractivity contribution is 6.35. The van der Waals surface area contributed by atoms with Crippen molar-refractivity contribution in [1.29, 1.82) is 0 Å². The Kier molecular flexibility index (Phi) is 2.40. The Labute approximate surface area is 91.7 Å². The molecule has 3 nitrogen and oxygen atoms in total. The fraction of sp³-hybridized carbons (Fsp3) is 0.182. The number of aliphatic carboxylic acids is 1. The fourth-order valence-corrected chi connectivity index (χ4v) is 1.85. The van der Waals surface area contributed by atoms with Gasteiger partial charge in [-0.05, 0) is 12.5 Å². The lowest BCUT2D eigenvalue weighted by Gasteiger charge is -2.07. The molecule has 78 valence electrons. The lowest BCUT2D eigenvalue weighted by atomic mass is 9.99. The van der Waals surface area contributed by atoms with E-state index in [2.05, 4.69) is 4.98 Å². The lowest BCUT2D eigenvalue weighted by molar-refractivity contribution is -0.138. The summed E-state index contributed by atoms with van der Waals surface area (Å²) in [5.74, 6) is -1.38. The zero-order valence-corrected chi connectivity index (χ0v) is 8.88. The molecule has 0 amide bonds. The number of aromatic nitrogens is 1. The summed E-state index contributed by atoms with van der Waals surface area (Å²) >= 11 is 5.95. The van der Waals surface area contributed by atoms with Crippen LogP contribution in [0.15, 0.2) is 24.4 Å². The zero-order chi connectivity index (χ0) is 11.0. The second kappa shape index (κ2) is 3.59. The van der Waals surface area contributed by atoms with E-state index in [0.717, 1.165) is 16.5 Å². The number of rotatable bonds is 2. The summed E-state index contributed by atoms with van der Waals surface area (Å²) in [6.45, 7) is 1.66. The highest BCUT2D eigenvalue weighted by Crippen LogP contribution is 2.29. The van der Waals surface area contributed by atoms with E-state index in [-0.39, 0.29) is 0 Å². The van der Waals surface area contributed by atoms with Gasteiger partial charge in [-0.15, -0.1) is 0 Å². The van der Waals surface area contributed by atoms with Crippen LogP contribution in [0, 0.1) is 0 Å². The Balaban J connectivity index is 2.66. The van der Waals surface area contributed by atoms with Crippen molar-refractivity contribution in [3.8, 4) is 0 Å². The van der Waals surface area contributed by atoms with E-state index in [0.29, 0.717) is 5.02 Å². The second-order valence-corrected chi connectivity index (χ2v) is 3.87. The minimum absolute atomic E-state index is 0.539. The number of benzene rings is 1. The molecule has 0 aliphatic carbocycles. The molecular formula is C11H10ClNO2. The summed E-state index contributed by atoms with van der Waals surface area (Å²) in [4.78, 5) is 13.9. The van der Waals surface area contributed by atoms with Gasteiger partial charge in [0.15, 0.2) is 0 Å². The molecule has 2 rings (SSSR count). The number of para-hydroxylation sites is 1. The molecule has 0 fully saturated rings. The number of nitrogens with one attached hydrogen (secondary N) is 1. The highest BCUT2D eigenvalue weighted by atomic mass is 35.5. The van der Waals surface area contributed by atoms with Gasteiger partial charge in [0.25, 0.3) is 0 Å². The standard InChI is InChI=1S/C11H10ClNO2/c1-6(11(14)15)7-3-2-4-8-9(12)5-13-10(7)8/h2-6,13H,1H3,(H,14,15). The maximum Gasteiger partial charge on any atom is 0.310 e. The molecule has 4 heteroatoms. The Hall–Kier alpha value is -1.48. The van der Waals surface area contributed by atoms with Gasteiger partial charge in [0.05, 0.1) is 16.5 Å². The van der Waals surface area contributed by atoms with Crippen molar-refractivity contribution < 1.29 is 9.90 Å². The number of halogens is 1. The first-order valence-corrected chi connectivity index (χ1v) is 4.97. The Morgan fingerprint density at radius 3 is 2.93 bits per heavy atom. The van der Waals surface area contributed by atoms with Crippen LogP contribution in [0.1, 0.15) is 18.4 Å². The number of carboxylic acid groups (broad SMARTS) is 1. The third-order valence-corrected chi connectivity index (χ3v) is 2.85. The molecule has 0 saturated carbocycles. The van der Waals surface area contributed by atoms with Crippen molar-refractivity contribution in [3.63, 3.8) is 0 Å². The summed E-state index contributed by atoms with van der Waals surface area (Å²) in [6, 6.07) is 5.48. The Morgan fingerprint density at radius 1 is 1.53 bits per heavy atom. The number of H-pyrrole nitrogens is 1. The minimum Gasteiger partial charge on any atom is -0.481 e. The molecule has 1 atom stereocenters. The van der Waals surface area contributed by atoms with Gasteiger partial charge in [-0.25, -0.2) is 0 Å². The smallest absolute Gasteiger partial charge is 0.310 e. The highest BCUT2D eigenvalue weighted by Gasteiger charge is 2.17. The summed E-state index contributed by atoms with van der Waals surface area (Å²) in [5, 5.41) is 10.4. The average Bonchev–Trinajstić information content (AvgIpc) is 2.59. The molecule has 1 unspecified atom stereocenters.